The van der Waals surface area contributed by atoms with E-state index in [4.69, 9.17) is 0 Å². The molecular weight excluding hydrogens is 244 g/mol. The SMILES string of the molecule is c1cc2c(cn1)C(C13CC4CC(CC(C4)C1)C3)NCC2. The van der Waals surface area contributed by atoms with Gasteiger partial charge < -0.3 is 5.32 Å². The van der Waals surface area contributed by atoms with Crippen LogP contribution in [0.3, 0.4) is 0 Å². The molecule has 0 spiro atoms. The third kappa shape index (κ3) is 1.57. The highest BCUT2D eigenvalue weighted by atomic mass is 15.0. The molecule has 4 aliphatic carbocycles. The Hall–Kier alpha value is -0.890. The van der Waals surface area contributed by atoms with Gasteiger partial charge in [-0.05, 0) is 91.9 Å². The smallest absolute Gasteiger partial charge is 0.0395 e. The molecule has 1 unspecified atom stereocenters. The number of nitrogens with zero attached hydrogens (tertiary/aromatic N) is 1. The minimum absolute atomic E-state index is 0.562. The van der Waals surface area contributed by atoms with Gasteiger partial charge in [-0.25, -0.2) is 0 Å². The molecule has 0 amide bonds. The molecule has 1 aromatic rings. The summed E-state index contributed by atoms with van der Waals surface area (Å²) in [5.41, 5.74) is 3.65. The summed E-state index contributed by atoms with van der Waals surface area (Å²) in [5, 5.41) is 3.89. The molecule has 0 radical (unpaired) electrons. The van der Waals surface area contributed by atoms with Gasteiger partial charge in [0.2, 0.25) is 0 Å². The van der Waals surface area contributed by atoms with E-state index in [0.717, 1.165) is 24.3 Å². The van der Waals surface area contributed by atoms with Crippen LogP contribution in [0.1, 0.15) is 55.7 Å². The molecule has 1 N–H and O–H groups in total. The lowest BCUT2D eigenvalue weighted by molar-refractivity contribution is -0.0759. The molecule has 0 aromatic carbocycles. The van der Waals surface area contributed by atoms with Crippen LogP contribution in [-0.4, -0.2) is 11.5 Å². The highest BCUT2D eigenvalue weighted by Gasteiger charge is 2.54. The number of rotatable bonds is 1. The molecule has 1 aromatic heterocycles. The molecular formula is C18H24N2. The quantitative estimate of drug-likeness (QED) is 0.843. The summed E-state index contributed by atoms with van der Waals surface area (Å²) in [6.45, 7) is 1.16. The average Bonchev–Trinajstić information content (AvgIpc) is 2.45. The minimum atomic E-state index is 0.562. The second kappa shape index (κ2) is 4.07. The Bertz CT molecular complexity index is 501. The number of hydrogen-bond donors (Lipinski definition) is 1. The van der Waals surface area contributed by atoms with Crippen LogP contribution in [0.2, 0.25) is 0 Å². The maximum Gasteiger partial charge on any atom is 0.0395 e. The third-order valence-electron chi connectivity index (χ3n) is 6.70. The predicted molar refractivity (Wildman–Crippen MR) is 79.3 cm³/mol. The third-order valence-corrected chi connectivity index (χ3v) is 6.70. The van der Waals surface area contributed by atoms with E-state index in [0.29, 0.717) is 11.5 Å². The number of aromatic nitrogens is 1. The zero-order chi connectivity index (χ0) is 13.2. The van der Waals surface area contributed by atoms with E-state index in [-0.39, 0.29) is 0 Å². The van der Waals surface area contributed by atoms with Crippen LogP contribution in [0.4, 0.5) is 0 Å². The fourth-order valence-corrected chi connectivity index (χ4v) is 6.46. The van der Waals surface area contributed by atoms with Gasteiger partial charge in [-0.1, -0.05) is 0 Å². The van der Waals surface area contributed by atoms with Gasteiger partial charge in [0.1, 0.15) is 0 Å². The van der Waals surface area contributed by atoms with Gasteiger partial charge in [-0.15, -0.1) is 0 Å². The maximum absolute atomic E-state index is 4.44. The van der Waals surface area contributed by atoms with E-state index in [1.165, 1.54) is 50.5 Å². The fourth-order valence-electron chi connectivity index (χ4n) is 6.46. The fraction of sp³-hybridized carbons (Fsp3) is 0.722. The van der Waals surface area contributed by atoms with Gasteiger partial charge in [-0.3, -0.25) is 4.98 Å². The Labute approximate surface area is 121 Å². The highest BCUT2D eigenvalue weighted by molar-refractivity contribution is 5.32. The van der Waals surface area contributed by atoms with Gasteiger partial charge >= 0.3 is 0 Å². The summed E-state index contributed by atoms with van der Waals surface area (Å²) in [6.07, 6.45) is 14.3. The van der Waals surface area contributed by atoms with Crippen molar-refractivity contribution in [1.29, 1.82) is 0 Å². The van der Waals surface area contributed by atoms with Crippen molar-refractivity contribution >= 4 is 0 Å². The maximum atomic E-state index is 4.44. The summed E-state index contributed by atoms with van der Waals surface area (Å²) in [7, 11) is 0. The monoisotopic (exact) mass is 268 g/mol. The predicted octanol–water partition coefficient (Wildman–Crippen LogP) is 3.48. The van der Waals surface area contributed by atoms with Crippen molar-refractivity contribution < 1.29 is 0 Å². The van der Waals surface area contributed by atoms with Crippen molar-refractivity contribution in [3.05, 3.63) is 29.6 Å². The molecule has 4 bridgehead atoms. The molecule has 4 fully saturated rings. The topological polar surface area (TPSA) is 24.9 Å². The molecule has 2 heteroatoms. The lowest BCUT2D eigenvalue weighted by atomic mass is 9.47. The minimum Gasteiger partial charge on any atom is -0.309 e. The lowest BCUT2D eigenvalue weighted by Gasteiger charge is -2.60. The second-order valence-corrected chi connectivity index (χ2v) is 7.99. The molecule has 5 aliphatic rings. The summed E-state index contributed by atoms with van der Waals surface area (Å²) < 4.78 is 0. The Morgan fingerprint density at radius 2 is 1.75 bits per heavy atom. The first kappa shape index (κ1) is 11.7. The molecule has 1 atom stereocenters. The van der Waals surface area contributed by atoms with Crippen molar-refractivity contribution in [2.75, 3.05) is 6.54 Å². The van der Waals surface area contributed by atoms with Crippen molar-refractivity contribution in [1.82, 2.24) is 10.3 Å². The first-order valence-corrected chi connectivity index (χ1v) is 8.49. The zero-order valence-corrected chi connectivity index (χ0v) is 12.1. The van der Waals surface area contributed by atoms with Crippen molar-refractivity contribution in [2.24, 2.45) is 23.2 Å². The number of hydrogen-bond acceptors (Lipinski definition) is 2. The number of fused-ring (bicyclic) bond motifs is 1. The summed E-state index contributed by atoms with van der Waals surface area (Å²) in [6, 6.07) is 2.84. The summed E-state index contributed by atoms with van der Waals surface area (Å²) in [5.74, 6) is 3.10. The van der Waals surface area contributed by atoms with Crippen LogP contribution in [-0.2, 0) is 6.42 Å². The largest absolute Gasteiger partial charge is 0.309 e. The van der Waals surface area contributed by atoms with E-state index in [1.54, 1.807) is 5.56 Å². The molecule has 6 rings (SSSR count). The normalized spacial score (nSPS) is 45.4. The Balaban J connectivity index is 1.57. The second-order valence-electron chi connectivity index (χ2n) is 7.99. The molecule has 0 saturated heterocycles. The van der Waals surface area contributed by atoms with Crippen LogP contribution >= 0.6 is 0 Å². The standard InChI is InChI=1S/C18H24N2/c1-3-19-11-16-15(1)2-4-20-17(16)18-8-12-5-13(9-18)7-14(6-12)10-18/h1,3,11-14,17,20H,2,4-10H2. The molecule has 4 saturated carbocycles. The van der Waals surface area contributed by atoms with E-state index in [1.807, 2.05) is 6.20 Å². The Kier molecular flexibility index (Phi) is 2.39. The first-order chi connectivity index (χ1) is 9.82. The summed E-state index contributed by atoms with van der Waals surface area (Å²) >= 11 is 0. The van der Waals surface area contributed by atoms with Gasteiger partial charge in [-0.2, -0.15) is 0 Å². The average molecular weight is 268 g/mol. The van der Waals surface area contributed by atoms with Crippen molar-refractivity contribution in [2.45, 2.75) is 51.0 Å². The van der Waals surface area contributed by atoms with Gasteiger partial charge in [0.15, 0.2) is 0 Å². The highest BCUT2D eigenvalue weighted by Crippen LogP contribution is 2.64. The van der Waals surface area contributed by atoms with Crippen molar-refractivity contribution in [3.63, 3.8) is 0 Å². The van der Waals surface area contributed by atoms with Crippen LogP contribution in [0.15, 0.2) is 18.5 Å². The van der Waals surface area contributed by atoms with Crippen LogP contribution in [0.5, 0.6) is 0 Å². The molecule has 1 aliphatic heterocycles. The lowest BCUT2D eigenvalue weighted by Crippen LogP contribution is -2.53. The number of nitrogens with one attached hydrogen (secondary N) is 1. The van der Waals surface area contributed by atoms with Crippen LogP contribution in [0.25, 0.3) is 0 Å². The molecule has 20 heavy (non-hydrogen) atoms. The Morgan fingerprint density at radius 1 is 1.05 bits per heavy atom. The van der Waals surface area contributed by atoms with Gasteiger partial charge in [0, 0.05) is 18.4 Å². The molecule has 106 valence electrons. The van der Waals surface area contributed by atoms with E-state index < -0.39 is 0 Å². The van der Waals surface area contributed by atoms with Gasteiger partial charge in [0.05, 0.1) is 0 Å². The number of pyridine rings is 1. The van der Waals surface area contributed by atoms with Gasteiger partial charge in [0.25, 0.3) is 0 Å². The van der Waals surface area contributed by atoms with E-state index in [9.17, 15) is 0 Å². The Morgan fingerprint density at radius 3 is 2.45 bits per heavy atom. The van der Waals surface area contributed by atoms with E-state index >= 15 is 0 Å². The molecule has 2 nitrogen and oxygen atoms in total. The van der Waals surface area contributed by atoms with Crippen molar-refractivity contribution in [3.8, 4) is 0 Å². The molecule has 2 heterocycles. The summed E-state index contributed by atoms with van der Waals surface area (Å²) in [4.78, 5) is 4.44. The van der Waals surface area contributed by atoms with E-state index in [2.05, 4.69) is 22.6 Å². The van der Waals surface area contributed by atoms with Crippen LogP contribution in [0, 0.1) is 23.2 Å². The van der Waals surface area contributed by atoms with Crippen LogP contribution < -0.4 is 5.32 Å². The zero-order valence-electron chi connectivity index (χ0n) is 12.1. The first-order valence-electron chi connectivity index (χ1n) is 8.49.